The average Bonchev–Trinajstić information content (AvgIpc) is 2.78. The zero-order chi connectivity index (χ0) is 21.1. The molecule has 0 aliphatic heterocycles. The van der Waals surface area contributed by atoms with E-state index in [1.807, 2.05) is 11.8 Å². The Morgan fingerprint density at radius 1 is 0.733 bits per heavy atom. The van der Waals surface area contributed by atoms with Gasteiger partial charge in [0, 0.05) is 25.3 Å². The molecule has 2 rings (SSSR count). The lowest BCUT2D eigenvalue weighted by molar-refractivity contribution is -0.120. The van der Waals surface area contributed by atoms with Crippen LogP contribution in [0.1, 0.15) is 122 Å². The number of ether oxygens (including phenoxy) is 1. The van der Waals surface area contributed by atoms with Crippen molar-refractivity contribution in [3.63, 3.8) is 0 Å². The third-order valence-electron chi connectivity index (χ3n) is 6.87. The molecule has 0 spiro atoms. The van der Waals surface area contributed by atoms with Crippen LogP contribution in [0, 0.1) is 5.92 Å². The number of carbonyl (C=O) groups excluding carboxylic acids is 1. The second kappa shape index (κ2) is 18.4. The first-order valence-electron chi connectivity index (χ1n) is 13.3. The highest BCUT2D eigenvalue weighted by Crippen LogP contribution is 2.22. The molecule has 2 aliphatic rings. The van der Waals surface area contributed by atoms with Crippen LogP contribution in [0.15, 0.2) is 0 Å². The fourth-order valence-corrected chi connectivity index (χ4v) is 5.74. The second-order valence-corrected chi connectivity index (χ2v) is 10.9. The second-order valence-electron chi connectivity index (χ2n) is 9.63. The van der Waals surface area contributed by atoms with Gasteiger partial charge in [0.25, 0.3) is 0 Å². The maximum absolute atomic E-state index is 12.1. The molecule has 0 unspecified atom stereocenters. The topological polar surface area (TPSA) is 38.3 Å². The van der Waals surface area contributed by atoms with Gasteiger partial charge in [0.1, 0.15) is 0 Å². The van der Waals surface area contributed by atoms with E-state index in [1.54, 1.807) is 0 Å². The Morgan fingerprint density at radius 3 is 1.87 bits per heavy atom. The lowest BCUT2D eigenvalue weighted by atomic mass is 9.91. The number of thioether (sulfide) groups is 1. The Kier molecular flexibility index (Phi) is 15.9. The van der Waals surface area contributed by atoms with Crippen LogP contribution in [0.4, 0.5) is 0 Å². The van der Waals surface area contributed by atoms with E-state index in [1.165, 1.54) is 109 Å². The Balaban J connectivity index is 1.43. The molecule has 0 aromatic heterocycles. The van der Waals surface area contributed by atoms with Gasteiger partial charge in [-0.1, -0.05) is 83.5 Å². The molecule has 3 nitrogen and oxygen atoms in total. The normalized spacial score (nSPS) is 21.3. The third kappa shape index (κ3) is 14.0. The van der Waals surface area contributed by atoms with Gasteiger partial charge in [-0.2, -0.15) is 11.8 Å². The SMILES string of the molecule is O=C(CCSCCCOC1CCCCCCCCCC1)NCC1CCCCCCC1. The molecule has 4 heteroatoms. The molecule has 1 N–H and O–H groups in total. The molecule has 30 heavy (non-hydrogen) atoms. The molecule has 0 radical (unpaired) electrons. The van der Waals surface area contributed by atoms with E-state index in [9.17, 15) is 4.79 Å². The first kappa shape index (κ1) is 26.0. The largest absolute Gasteiger partial charge is 0.378 e. The van der Waals surface area contributed by atoms with Crippen LogP contribution in [0.5, 0.6) is 0 Å². The highest BCUT2D eigenvalue weighted by Gasteiger charge is 2.13. The van der Waals surface area contributed by atoms with Gasteiger partial charge < -0.3 is 10.1 Å². The van der Waals surface area contributed by atoms with E-state index in [-0.39, 0.29) is 5.91 Å². The molecule has 0 aromatic rings. The van der Waals surface area contributed by atoms with E-state index < -0.39 is 0 Å². The van der Waals surface area contributed by atoms with Crippen LogP contribution in [-0.2, 0) is 9.53 Å². The van der Waals surface area contributed by atoms with Crippen LogP contribution in [0.3, 0.4) is 0 Å². The van der Waals surface area contributed by atoms with Gasteiger partial charge in [0.15, 0.2) is 0 Å². The minimum atomic E-state index is 0.248. The van der Waals surface area contributed by atoms with Crippen molar-refractivity contribution in [1.82, 2.24) is 5.32 Å². The molecule has 176 valence electrons. The summed E-state index contributed by atoms with van der Waals surface area (Å²) in [5.74, 6) is 3.02. The van der Waals surface area contributed by atoms with Crippen LogP contribution >= 0.6 is 11.8 Å². The Hall–Kier alpha value is -0.220. The van der Waals surface area contributed by atoms with Gasteiger partial charge in [-0.15, -0.1) is 0 Å². The number of rotatable bonds is 10. The van der Waals surface area contributed by atoms with Gasteiger partial charge in [-0.25, -0.2) is 0 Å². The average molecular weight is 440 g/mol. The number of amides is 1. The summed E-state index contributed by atoms with van der Waals surface area (Å²) in [5, 5.41) is 3.19. The number of carbonyl (C=O) groups is 1. The summed E-state index contributed by atoms with van der Waals surface area (Å²) in [6.45, 7) is 1.80. The fraction of sp³-hybridized carbons (Fsp3) is 0.962. The van der Waals surface area contributed by atoms with E-state index in [0.29, 0.717) is 18.4 Å². The Bertz CT molecular complexity index is 398. The van der Waals surface area contributed by atoms with Crippen LogP contribution in [-0.4, -0.2) is 36.7 Å². The number of hydrogen-bond donors (Lipinski definition) is 1. The van der Waals surface area contributed by atoms with Crippen molar-refractivity contribution in [2.24, 2.45) is 5.92 Å². The van der Waals surface area contributed by atoms with Gasteiger partial charge in [0.2, 0.25) is 5.91 Å². The first-order chi connectivity index (χ1) is 14.8. The quantitative estimate of drug-likeness (QED) is 0.364. The summed E-state index contributed by atoms with van der Waals surface area (Å²) in [6, 6.07) is 0. The highest BCUT2D eigenvalue weighted by molar-refractivity contribution is 7.99. The summed E-state index contributed by atoms with van der Waals surface area (Å²) >= 11 is 1.91. The molecular formula is C26H49NO2S. The Morgan fingerprint density at radius 2 is 1.27 bits per heavy atom. The van der Waals surface area contributed by atoms with Crippen molar-refractivity contribution >= 4 is 17.7 Å². The smallest absolute Gasteiger partial charge is 0.220 e. The fourth-order valence-electron chi connectivity index (χ4n) is 4.88. The predicted molar refractivity (Wildman–Crippen MR) is 131 cm³/mol. The molecule has 1 amide bonds. The van der Waals surface area contributed by atoms with Crippen molar-refractivity contribution in [2.45, 2.75) is 128 Å². The van der Waals surface area contributed by atoms with Gasteiger partial charge in [-0.3, -0.25) is 4.79 Å². The van der Waals surface area contributed by atoms with Crippen LogP contribution in [0.25, 0.3) is 0 Å². The molecule has 0 atom stereocenters. The summed E-state index contributed by atoms with van der Waals surface area (Å²) < 4.78 is 6.22. The van der Waals surface area contributed by atoms with Gasteiger partial charge in [0.05, 0.1) is 6.10 Å². The van der Waals surface area contributed by atoms with Crippen molar-refractivity contribution in [3.05, 3.63) is 0 Å². The molecule has 2 fully saturated rings. The maximum Gasteiger partial charge on any atom is 0.220 e. The van der Waals surface area contributed by atoms with Crippen molar-refractivity contribution in [2.75, 3.05) is 24.7 Å². The van der Waals surface area contributed by atoms with Crippen LogP contribution < -0.4 is 5.32 Å². The minimum absolute atomic E-state index is 0.248. The molecule has 2 aliphatic carbocycles. The molecule has 2 saturated carbocycles. The van der Waals surface area contributed by atoms with E-state index >= 15 is 0 Å². The standard InChI is InChI=1S/C26H49NO2S/c28-26(27-23-24-15-10-6-5-7-11-16-24)19-22-30-21-14-20-29-25-17-12-8-3-1-2-4-9-13-18-25/h24-25H,1-23H2,(H,27,28). The lowest BCUT2D eigenvalue weighted by Crippen LogP contribution is -2.29. The number of nitrogens with one attached hydrogen (secondary N) is 1. The zero-order valence-electron chi connectivity index (χ0n) is 19.6. The first-order valence-corrected chi connectivity index (χ1v) is 14.5. The summed E-state index contributed by atoms with van der Waals surface area (Å²) in [5.41, 5.74) is 0. The van der Waals surface area contributed by atoms with Crippen molar-refractivity contribution in [3.8, 4) is 0 Å². The molecule has 0 aromatic carbocycles. The summed E-state index contributed by atoms with van der Waals surface area (Å²) in [6.07, 6.45) is 25.4. The lowest BCUT2D eigenvalue weighted by Gasteiger charge is -2.20. The van der Waals surface area contributed by atoms with E-state index in [0.717, 1.165) is 31.1 Å². The van der Waals surface area contributed by atoms with E-state index in [4.69, 9.17) is 4.74 Å². The summed E-state index contributed by atoms with van der Waals surface area (Å²) in [4.78, 5) is 12.1. The zero-order valence-corrected chi connectivity index (χ0v) is 20.5. The van der Waals surface area contributed by atoms with Crippen molar-refractivity contribution < 1.29 is 9.53 Å². The molecular weight excluding hydrogens is 390 g/mol. The van der Waals surface area contributed by atoms with Gasteiger partial charge >= 0.3 is 0 Å². The van der Waals surface area contributed by atoms with E-state index in [2.05, 4.69) is 5.32 Å². The highest BCUT2D eigenvalue weighted by atomic mass is 32.2. The van der Waals surface area contributed by atoms with Crippen LogP contribution in [0.2, 0.25) is 0 Å². The molecule has 0 bridgehead atoms. The Labute approximate surface area is 191 Å². The van der Waals surface area contributed by atoms with Crippen molar-refractivity contribution in [1.29, 1.82) is 0 Å². The predicted octanol–water partition coefficient (Wildman–Crippen LogP) is 7.28. The molecule has 0 heterocycles. The summed E-state index contributed by atoms with van der Waals surface area (Å²) in [7, 11) is 0. The van der Waals surface area contributed by atoms with Gasteiger partial charge in [-0.05, 0) is 43.8 Å². The minimum Gasteiger partial charge on any atom is -0.378 e. The number of hydrogen-bond acceptors (Lipinski definition) is 3. The maximum atomic E-state index is 12.1. The molecule has 0 saturated heterocycles. The monoisotopic (exact) mass is 439 g/mol. The third-order valence-corrected chi connectivity index (χ3v) is 7.95.